The number of methoxy groups -OCH3 is 1. The Morgan fingerprint density at radius 3 is 2.48 bits per heavy atom. The zero-order chi connectivity index (χ0) is 16.7. The number of hydrogen-bond acceptors (Lipinski definition) is 2. The minimum absolute atomic E-state index is 0.0665. The van der Waals surface area contributed by atoms with Gasteiger partial charge in [-0.1, -0.05) is 43.3 Å². The molecule has 0 aliphatic heterocycles. The molecule has 0 saturated carbocycles. The molecule has 122 valence electrons. The molecule has 0 aliphatic carbocycles. The van der Waals surface area contributed by atoms with Crippen molar-refractivity contribution in [2.45, 2.75) is 19.8 Å². The van der Waals surface area contributed by atoms with Crippen molar-refractivity contribution < 1.29 is 13.9 Å². The number of ether oxygens (including phenoxy) is 1. The molecule has 0 radical (unpaired) electrons. The van der Waals surface area contributed by atoms with E-state index in [1.807, 2.05) is 31.2 Å². The number of benzene rings is 2. The summed E-state index contributed by atoms with van der Waals surface area (Å²) >= 11 is 0. The van der Waals surface area contributed by atoms with Crippen LogP contribution < -0.4 is 10.1 Å². The van der Waals surface area contributed by atoms with Gasteiger partial charge in [0.1, 0.15) is 11.6 Å². The fraction of sp³-hybridized carbons (Fsp3) is 0.316. The molecule has 0 aromatic heterocycles. The van der Waals surface area contributed by atoms with Crippen LogP contribution in [0.4, 0.5) is 4.39 Å². The minimum Gasteiger partial charge on any atom is -0.496 e. The Labute approximate surface area is 136 Å². The van der Waals surface area contributed by atoms with Crippen molar-refractivity contribution in [1.29, 1.82) is 0 Å². The smallest absolute Gasteiger partial charge is 0.223 e. The normalized spacial score (nSPS) is 11.8. The van der Waals surface area contributed by atoms with E-state index in [0.717, 1.165) is 11.3 Å². The fourth-order valence-electron chi connectivity index (χ4n) is 2.49. The zero-order valence-corrected chi connectivity index (χ0v) is 13.5. The van der Waals surface area contributed by atoms with Gasteiger partial charge in [-0.3, -0.25) is 4.79 Å². The Balaban J connectivity index is 1.83. The molecule has 1 unspecified atom stereocenters. The van der Waals surface area contributed by atoms with E-state index in [2.05, 4.69) is 5.32 Å². The van der Waals surface area contributed by atoms with Crippen molar-refractivity contribution in [2.75, 3.05) is 13.7 Å². The molecule has 0 saturated heterocycles. The Morgan fingerprint density at radius 2 is 1.78 bits per heavy atom. The van der Waals surface area contributed by atoms with Gasteiger partial charge in [-0.2, -0.15) is 0 Å². The summed E-state index contributed by atoms with van der Waals surface area (Å²) in [6.07, 6.45) is 1.09. The second-order valence-electron chi connectivity index (χ2n) is 5.55. The van der Waals surface area contributed by atoms with E-state index in [9.17, 15) is 9.18 Å². The molecule has 0 aliphatic rings. The maximum Gasteiger partial charge on any atom is 0.223 e. The molecule has 1 N–H and O–H groups in total. The highest BCUT2D eigenvalue weighted by atomic mass is 19.1. The summed E-state index contributed by atoms with van der Waals surface area (Å²) < 4.78 is 18.9. The van der Waals surface area contributed by atoms with Gasteiger partial charge in [0.05, 0.1) is 7.11 Å². The van der Waals surface area contributed by atoms with Gasteiger partial charge in [-0.05, 0) is 36.1 Å². The largest absolute Gasteiger partial charge is 0.496 e. The third-order valence-electron chi connectivity index (χ3n) is 3.82. The van der Waals surface area contributed by atoms with Crippen LogP contribution in [0, 0.1) is 11.7 Å². The third kappa shape index (κ3) is 4.81. The van der Waals surface area contributed by atoms with Crippen LogP contribution in [0.1, 0.15) is 18.1 Å². The first-order valence-electron chi connectivity index (χ1n) is 7.75. The monoisotopic (exact) mass is 315 g/mol. The summed E-state index contributed by atoms with van der Waals surface area (Å²) in [5.74, 6) is 0.218. The maximum absolute atomic E-state index is 13.6. The predicted octanol–water partition coefficient (Wildman–Crippen LogP) is 3.37. The molecule has 0 heterocycles. The number of halogens is 1. The van der Waals surface area contributed by atoms with E-state index < -0.39 is 0 Å². The Bertz CT molecular complexity index is 657. The average molecular weight is 315 g/mol. The third-order valence-corrected chi connectivity index (χ3v) is 3.82. The van der Waals surface area contributed by atoms with Gasteiger partial charge >= 0.3 is 0 Å². The Morgan fingerprint density at radius 1 is 1.13 bits per heavy atom. The topological polar surface area (TPSA) is 38.3 Å². The summed E-state index contributed by atoms with van der Waals surface area (Å²) in [6, 6.07) is 14.3. The Hall–Kier alpha value is -2.36. The van der Waals surface area contributed by atoms with Gasteiger partial charge in [-0.25, -0.2) is 4.39 Å². The van der Waals surface area contributed by atoms with Crippen LogP contribution in [0.5, 0.6) is 5.75 Å². The van der Waals surface area contributed by atoms with E-state index in [1.165, 1.54) is 6.07 Å². The van der Waals surface area contributed by atoms with Gasteiger partial charge in [0.2, 0.25) is 5.91 Å². The number of carbonyl (C=O) groups excluding carboxylic acids is 1. The lowest BCUT2D eigenvalue weighted by molar-refractivity contribution is -0.124. The zero-order valence-electron chi connectivity index (χ0n) is 13.5. The van der Waals surface area contributed by atoms with Crippen LogP contribution in [0.15, 0.2) is 48.5 Å². The number of nitrogens with one attached hydrogen (secondary N) is 1. The summed E-state index contributed by atoms with van der Waals surface area (Å²) in [4.78, 5) is 12.1. The van der Waals surface area contributed by atoms with Crippen LogP contribution >= 0.6 is 0 Å². The molecule has 0 spiro atoms. The molecule has 2 aromatic rings. The minimum atomic E-state index is -0.274. The van der Waals surface area contributed by atoms with Gasteiger partial charge in [0.25, 0.3) is 0 Å². The first kappa shape index (κ1) is 17.0. The van der Waals surface area contributed by atoms with E-state index in [0.29, 0.717) is 24.9 Å². The molecule has 0 bridgehead atoms. The standard InChI is InChI=1S/C19H22FNO2/c1-14(13-16-8-3-5-9-17(16)20)19(22)21-12-11-15-7-4-6-10-18(15)23-2/h3-10,14H,11-13H2,1-2H3,(H,21,22). The van der Waals surface area contributed by atoms with Crippen molar-refractivity contribution in [1.82, 2.24) is 5.32 Å². The molecular formula is C19H22FNO2. The number of para-hydroxylation sites is 1. The number of hydrogen-bond donors (Lipinski definition) is 1. The second-order valence-corrected chi connectivity index (χ2v) is 5.55. The average Bonchev–Trinajstić information content (AvgIpc) is 2.57. The van der Waals surface area contributed by atoms with Crippen LogP contribution in [-0.2, 0) is 17.6 Å². The Kier molecular flexibility index (Phi) is 6.15. The number of rotatable bonds is 7. The number of amides is 1. The summed E-state index contributed by atoms with van der Waals surface area (Å²) in [6.45, 7) is 2.34. The van der Waals surface area contributed by atoms with Crippen molar-refractivity contribution in [3.63, 3.8) is 0 Å². The highest BCUT2D eigenvalue weighted by molar-refractivity contribution is 5.78. The van der Waals surface area contributed by atoms with E-state index >= 15 is 0 Å². The molecule has 2 aromatic carbocycles. The lowest BCUT2D eigenvalue weighted by atomic mass is 10.00. The SMILES string of the molecule is COc1ccccc1CCNC(=O)C(C)Cc1ccccc1F. The first-order valence-corrected chi connectivity index (χ1v) is 7.75. The maximum atomic E-state index is 13.6. The number of carbonyl (C=O) groups is 1. The lowest BCUT2D eigenvalue weighted by Crippen LogP contribution is -2.32. The lowest BCUT2D eigenvalue weighted by Gasteiger charge is -2.13. The molecule has 0 fully saturated rings. The van der Waals surface area contributed by atoms with Gasteiger partial charge in [-0.15, -0.1) is 0 Å². The molecule has 1 atom stereocenters. The highest BCUT2D eigenvalue weighted by Crippen LogP contribution is 2.17. The van der Waals surface area contributed by atoms with Crippen LogP contribution in [0.3, 0.4) is 0 Å². The summed E-state index contributed by atoms with van der Waals surface area (Å²) in [5.41, 5.74) is 1.62. The van der Waals surface area contributed by atoms with E-state index in [-0.39, 0.29) is 17.6 Å². The molecule has 3 nitrogen and oxygen atoms in total. The quantitative estimate of drug-likeness (QED) is 0.851. The van der Waals surface area contributed by atoms with Gasteiger partial charge < -0.3 is 10.1 Å². The van der Waals surface area contributed by atoms with Gasteiger partial charge in [0, 0.05) is 12.5 Å². The summed E-state index contributed by atoms with van der Waals surface area (Å²) in [5, 5.41) is 2.90. The molecule has 23 heavy (non-hydrogen) atoms. The van der Waals surface area contributed by atoms with Crippen molar-refractivity contribution in [3.8, 4) is 5.75 Å². The van der Waals surface area contributed by atoms with Crippen molar-refractivity contribution >= 4 is 5.91 Å². The summed E-state index contributed by atoms with van der Waals surface area (Å²) in [7, 11) is 1.63. The van der Waals surface area contributed by atoms with Crippen molar-refractivity contribution in [2.24, 2.45) is 5.92 Å². The molecular weight excluding hydrogens is 293 g/mol. The second kappa shape index (κ2) is 8.32. The van der Waals surface area contributed by atoms with Gasteiger partial charge in [0.15, 0.2) is 0 Å². The fourth-order valence-corrected chi connectivity index (χ4v) is 2.49. The molecule has 1 amide bonds. The van der Waals surface area contributed by atoms with Crippen LogP contribution in [0.2, 0.25) is 0 Å². The molecule has 4 heteroatoms. The first-order chi connectivity index (χ1) is 11.1. The highest BCUT2D eigenvalue weighted by Gasteiger charge is 2.15. The predicted molar refractivity (Wildman–Crippen MR) is 89.0 cm³/mol. The molecule has 2 rings (SSSR count). The van der Waals surface area contributed by atoms with Crippen LogP contribution in [0.25, 0.3) is 0 Å². The van der Waals surface area contributed by atoms with Crippen molar-refractivity contribution in [3.05, 3.63) is 65.5 Å². The van der Waals surface area contributed by atoms with E-state index in [1.54, 1.807) is 25.3 Å². The van der Waals surface area contributed by atoms with E-state index in [4.69, 9.17) is 4.74 Å². The van der Waals surface area contributed by atoms with Crippen LogP contribution in [-0.4, -0.2) is 19.6 Å².